The van der Waals surface area contributed by atoms with Gasteiger partial charge in [-0.05, 0) is 43.3 Å². The number of urea groups is 1. The van der Waals surface area contributed by atoms with Crippen molar-refractivity contribution in [3.63, 3.8) is 0 Å². The van der Waals surface area contributed by atoms with E-state index in [2.05, 4.69) is 21.5 Å². The van der Waals surface area contributed by atoms with E-state index in [4.69, 9.17) is 4.74 Å². The maximum Gasteiger partial charge on any atom is 0.337 e. The lowest BCUT2D eigenvalue weighted by atomic mass is 10.2. The molecule has 2 rings (SSSR count). The van der Waals surface area contributed by atoms with Gasteiger partial charge in [0.15, 0.2) is 0 Å². The number of hydrogen-bond donors (Lipinski definition) is 4. The first-order chi connectivity index (χ1) is 13.1. The monoisotopic (exact) mass is 370 g/mol. The maximum absolute atomic E-state index is 11.9. The lowest BCUT2D eigenvalue weighted by molar-refractivity contribution is -0.124. The molecule has 4 amide bonds. The normalized spacial score (nSPS) is 9.81. The second kappa shape index (κ2) is 10.4. The van der Waals surface area contributed by atoms with Gasteiger partial charge in [0.25, 0.3) is 0 Å². The van der Waals surface area contributed by atoms with Gasteiger partial charge < -0.3 is 15.4 Å². The molecule has 0 aliphatic rings. The summed E-state index contributed by atoms with van der Waals surface area (Å²) in [5.41, 5.74) is 5.68. The molecule has 4 N–H and O–H groups in total. The number of anilines is 2. The zero-order valence-electron chi connectivity index (χ0n) is 15.0. The summed E-state index contributed by atoms with van der Waals surface area (Å²) in [6.07, 6.45) is -0.0739. The van der Waals surface area contributed by atoms with Crippen molar-refractivity contribution < 1.29 is 19.1 Å². The maximum atomic E-state index is 11.9. The van der Waals surface area contributed by atoms with Gasteiger partial charge in [0.1, 0.15) is 5.75 Å². The molecular weight excluding hydrogens is 348 g/mol. The van der Waals surface area contributed by atoms with E-state index >= 15 is 0 Å². The molecule has 0 saturated carbocycles. The van der Waals surface area contributed by atoms with Gasteiger partial charge in [0.05, 0.1) is 6.61 Å². The summed E-state index contributed by atoms with van der Waals surface area (Å²) >= 11 is 0. The topological polar surface area (TPSA) is 109 Å². The Morgan fingerprint density at radius 2 is 1.41 bits per heavy atom. The van der Waals surface area contributed by atoms with Crippen LogP contribution in [-0.2, 0) is 9.59 Å². The molecule has 2 aromatic rings. The number of carbonyl (C=O) groups is 3. The van der Waals surface area contributed by atoms with Crippen LogP contribution in [0.4, 0.5) is 16.2 Å². The highest BCUT2D eigenvalue weighted by Crippen LogP contribution is 2.15. The lowest BCUT2D eigenvalue weighted by Gasteiger charge is -2.09. The van der Waals surface area contributed by atoms with Crippen molar-refractivity contribution in [3.05, 3.63) is 54.6 Å². The fraction of sp³-hybridized carbons (Fsp3) is 0.211. The van der Waals surface area contributed by atoms with Crippen LogP contribution in [0.15, 0.2) is 54.6 Å². The van der Waals surface area contributed by atoms with Gasteiger partial charge in [-0.25, -0.2) is 10.2 Å². The van der Waals surface area contributed by atoms with Gasteiger partial charge in [0.2, 0.25) is 11.8 Å². The molecule has 0 spiro atoms. The molecular formula is C19H22N4O4. The SMILES string of the molecule is CCOc1ccc(NC(=O)CCC(=O)NNC(=O)Nc2ccccc2)cc1. The Morgan fingerprint density at radius 1 is 0.778 bits per heavy atom. The summed E-state index contributed by atoms with van der Waals surface area (Å²) in [6.45, 7) is 2.46. The van der Waals surface area contributed by atoms with Crippen molar-refractivity contribution in [3.8, 4) is 5.75 Å². The van der Waals surface area contributed by atoms with E-state index in [1.165, 1.54) is 0 Å². The van der Waals surface area contributed by atoms with Crippen molar-refractivity contribution in [2.24, 2.45) is 0 Å². The Bertz CT molecular complexity index is 763. The summed E-state index contributed by atoms with van der Waals surface area (Å²) in [6, 6.07) is 15.2. The average molecular weight is 370 g/mol. The van der Waals surface area contributed by atoms with Gasteiger partial charge in [0, 0.05) is 24.2 Å². The molecule has 0 radical (unpaired) electrons. The van der Waals surface area contributed by atoms with E-state index in [0.717, 1.165) is 5.75 Å². The lowest BCUT2D eigenvalue weighted by Crippen LogP contribution is -2.44. The van der Waals surface area contributed by atoms with Crippen molar-refractivity contribution in [2.75, 3.05) is 17.2 Å². The van der Waals surface area contributed by atoms with E-state index in [1.54, 1.807) is 48.5 Å². The molecule has 0 unspecified atom stereocenters. The molecule has 8 heteroatoms. The van der Waals surface area contributed by atoms with Gasteiger partial charge in [-0.2, -0.15) is 0 Å². The van der Waals surface area contributed by atoms with Crippen LogP contribution in [0, 0.1) is 0 Å². The van der Waals surface area contributed by atoms with Crippen LogP contribution in [0.2, 0.25) is 0 Å². The van der Waals surface area contributed by atoms with Crippen LogP contribution in [0.25, 0.3) is 0 Å². The number of carbonyl (C=O) groups excluding carboxylic acids is 3. The first-order valence-corrected chi connectivity index (χ1v) is 8.50. The van der Waals surface area contributed by atoms with Crippen molar-refractivity contribution in [1.29, 1.82) is 0 Å². The smallest absolute Gasteiger partial charge is 0.337 e. The minimum absolute atomic E-state index is 0.0129. The first-order valence-electron chi connectivity index (χ1n) is 8.50. The minimum atomic E-state index is -0.576. The molecule has 0 fully saturated rings. The number of rotatable bonds is 7. The number of benzene rings is 2. The summed E-state index contributed by atoms with van der Waals surface area (Å²) in [7, 11) is 0. The zero-order chi connectivity index (χ0) is 19.5. The molecule has 0 aromatic heterocycles. The second-order valence-corrected chi connectivity index (χ2v) is 5.50. The van der Waals surface area contributed by atoms with E-state index in [-0.39, 0.29) is 18.7 Å². The molecule has 0 bridgehead atoms. The van der Waals surface area contributed by atoms with Crippen LogP contribution in [-0.4, -0.2) is 24.5 Å². The molecule has 8 nitrogen and oxygen atoms in total. The van der Waals surface area contributed by atoms with Crippen molar-refractivity contribution in [1.82, 2.24) is 10.9 Å². The Morgan fingerprint density at radius 3 is 2.07 bits per heavy atom. The Hall–Kier alpha value is -3.55. The molecule has 0 saturated heterocycles. The third-order valence-electron chi connectivity index (χ3n) is 3.38. The summed E-state index contributed by atoms with van der Waals surface area (Å²) in [4.78, 5) is 35.3. The Labute approximate surface area is 157 Å². The number of nitrogens with one attached hydrogen (secondary N) is 4. The Kier molecular flexibility index (Phi) is 7.65. The van der Waals surface area contributed by atoms with Crippen LogP contribution >= 0.6 is 0 Å². The molecule has 0 atom stereocenters. The third-order valence-corrected chi connectivity index (χ3v) is 3.38. The molecule has 27 heavy (non-hydrogen) atoms. The van der Waals surface area contributed by atoms with E-state index in [1.807, 2.05) is 13.0 Å². The summed E-state index contributed by atoms with van der Waals surface area (Å²) in [5, 5.41) is 5.24. The fourth-order valence-electron chi connectivity index (χ4n) is 2.12. The fourth-order valence-corrected chi connectivity index (χ4v) is 2.12. The standard InChI is InChI=1S/C19H22N4O4/c1-2-27-16-10-8-15(9-11-16)20-17(24)12-13-18(25)22-23-19(26)21-14-6-4-3-5-7-14/h3-11H,2,12-13H2,1H3,(H,20,24)(H,22,25)(H2,21,23,26). The minimum Gasteiger partial charge on any atom is -0.494 e. The quantitative estimate of drug-likeness (QED) is 0.562. The highest BCUT2D eigenvalue weighted by Gasteiger charge is 2.09. The van der Waals surface area contributed by atoms with Crippen LogP contribution in [0.5, 0.6) is 5.75 Å². The van der Waals surface area contributed by atoms with Crippen molar-refractivity contribution in [2.45, 2.75) is 19.8 Å². The molecule has 142 valence electrons. The highest BCUT2D eigenvalue weighted by molar-refractivity contribution is 5.94. The number of ether oxygens (including phenoxy) is 1. The van der Waals surface area contributed by atoms with Crippen molar-refractivity contribution >= 4 is 29.2 Å². The van der Waals surface area contributed by atoms with Gasteiger partial charge in [-0.3, -0.25) is 15.0 Å². The van der Waals surface area contributed by atoms with Crippen LogP contribution in [0.3, 0.4) is 0 Å². The summed E-state index contributed by atoms with van der Waals surface area (Å²) in [5.74, 6) is -0.0576. The van der Waals surface area contributed by atoms with Gasteiger partial charge in [-0.1, -0.05) is 18.2 Å². The van der Waals surface area contributed by atoms with Gasteiger partial charge in [-0.15, -0.1) is 0 Å². The largest absolute Gasteiger partial charge is 0.494 e. The van der Waals surface area contributed by atoms with E-state index in [9.17, 15) is 14.4 Å². The highest BCUT2D eigenvalue weighted by atomic mass is 16.5. The third kappa shape index (κ3) is 7.47. The van der Waals surface area contributed by atoms with E-state index in [0.29, 0.717) is 18.0 Å². The van der Waals surface area contributed by atoms with Crippen LogP contribution < -0.4 is 26.2 Å². The molecule has 0 heterocycles. The molecule has 0 aliphatic heterocycles. The number of para-hydroxylation sites is 1. The van der Waals surface area contributed by atoms with Crippen LogP contribution in [0.1, 0.15) is 19.8 Å². The predicted octanol–water partition coefficient (Wildman–Crippen LogP) is 2.66. The average Bonchev–Trinajstić information content (AvgIpc) is 2.67. The second-order valence-electron chi connectivity index (χ2n) is 5.50. The van der Waals surface area contributed by atoms with E-state index < -0.39 is 11.9 Å². The predicted molar refractivity (Wildman–Crippen MR) is 102 cm³/mol. The number of hydrogen-bond acceptors (Lipinski definition) is 4. The molecule has 2 aromatic carbocycles. The van der Waals surface area contributed by atoms with Gasteiger partial charge >= 0.3 is 6.03 Å². The first kappa shape index (κ1) is 19.8. The number of amides is 4. The number of hydrazine groups is 1. The Balaban J connectivity index is 1.65. The molecule has 0 aliphatic carbocycles. The summed E-state index contributed by atoms with van der Waals surface area (Å²) < 4.78 is 5.32. The zero-order valence-corrected chi connectivity index (χ0v) is 15.0.